The number of halogens is 1. The molecule has 23 heavy (non-hydrogen) atoms. The number of benzene rings is 1. The quantitative estimate of drug-likeness (QED) is 0.713. The summed E-state index contributed by atoms with van der Waals surface area (Å²) >= 11 is 4.25. The fraction of sp³-hybridized carbons (Fsp3) is 0.125. The number of carbonyl (C=O) groups excluding carboxylic acids is 2. The van der Waals surface area contributed by atoms with Crippen molar-refractivity contribution in [2.24, 2.45) is 0 Å². The second-order valence-electron chi connectivity index (χ2n) is 4.65. The molecule has 5 nitrogen and oxygen atoms in total. The zero-order valence-corrected chi connectivity index (χ0v) is 14.3. The first kappa shape index (κ1) is 15.9. The van der Waals surface area contributed by atoms with Gasteiger partial charge in [0.05, 0.1) is 17.7 Å². The topological polar surface area (TPSA) is 59.8 Å². The molecule has 0 spiro atoms. The molecule has 0 atom stereocenters. The fourth-order valence-electron chi connectivity index (χ4n) is 1.98. The van der Waals surface area contributed by atoms with Gasteiger partial charge in [-0.3, -0.25) is 14.5 Å². The normalized spacial score (nSPS) is 16.4. The Labute approximate surface area is 145 Å². The maximum absolute atomic E-state index is 12.2. The molecule has 0 unspecified atom stereocenters. The molecule has 0 saturated carbocycles. The van der Waals surface area contributed by atoms with E-state index in [1.54, 1.807) is 18.2 Å². The molecule has 1 aromatic heterocycles. The number of ether oxygens (including phenoxy) is 1. The van der Waals surface area contributed by atoms with E-state index in [2.05, 4.69) is 15.9 Å². The van der Waals surface area contributed by atoms with Crippen LogP contribution in [0.15, 0.2) is 56.5 Å². The van der Waals surface area contributed by atoms with E-state index in [0.29, 0.717) is 16.4 Å². The lowest BCUT2D eigenvalue weighted by Gasteiger charge is -2.13. The van der Waals surface area contributed by atoms with Crippen LogP contribution in [0.1, 0.15) is 5.76 Å². The SMILES string of the molecule is O=C1S/C(=C/c2ccco2)C(=O)N1CCOc1ccc(Br)cc1. The average molecular weight is 394 g/mol. The van der Waals surface area contributed by atoms with Gasteiger partial charge in [-0.1, -0.05) is 15.9 Å². The Morgan fingerprint density at radius 2 is 2.00 bits per heavy atom. The van der Waals surface area contributed by atoms with E-state index in [-0.39, 0.29) is 24.3 Å². The van der Waals surface area contributed by atoms with Crippen molar-refractivity contribution in [1.82, 2.24) is 4.90 Å². The third-order valence-corrected chi connectivity index (χ3v) is 4.52. The van der Waals surface area contributed by atoms with Crippen LogP contribution in [0, 0.1) is 0 Å². The lowest BCUT2D eigenvalue weighted by Crippen LogP contribution is -2.32. The van der Waals surface area contributed by atoms with Crippen LogP contribution < -0.4 is 4.74 Å². The van der Waals surface area contributed by atoms with Gasteiger partial charge in [-0.15, -0.1) is 0 Å². The fourth-order valence-corrected chi connectivity index (χ4v) is 3.09. The van der Waals surface area contributed by atoms with E-state index in [1.165, 1.54) is 11.2 Å². The van der Waals surface area contributed by atoms with Crippen LogP contribution in [0.3, 0.4) is 0 Å². The molecule has 2 amide bonds. The van der Waals surface area contributed by atoms with Crippen molar-refractivity contribution in [2.45, 2.75) is 0 Å². The number of hydrogen-bond donors (Lipinski definition) is 0. The molecule has 118 valence electrons. The summed E-state index contributed by atoms with van der Waals surface area (Å²) in [4.78, 5) is 25.7. The van der Waals surface area contributed by atoms with Crippen molar-refractivity contribution < 1.29 is 18.7 Å². The first-order valence-corrected chi connectivity index (χ1v) is 8.42. The summed E-state index contributed by atoms with van der Waals surface area (Å²) in [5, 5.41) is -0.299. The van der Waals surface area contributed by atoms with Crippen molar-refractivity contribution in [3.63, 3.8) is 0 Å². The molecular formula is C16H12BrNO4S. The van der Waals surface area contributed by atoms with E-state index in [4.69, 9.17) is 9.15 Å². The molecule has 1 aromatic carbocycles. The molecule has 2 aromatic rings. The molecule has 0 radical (unpaired) electrons. The molecule has 2 heterocycles. The number of hydrogen-bond acceptors (Lipinski definition) is 5. The Kier molecular flexibility index (Phi) is 4.88. The second kappa shape index (κ2) is 7.06. The van der Waals surface area contributed by atoms with Gasteiger partial charge in [0.25, 0.3) is 11.1 Å². The number of amides is 2. The molecule has 1 fully saturated rings. The van der Waals surface area contributed by atoms with Gasteiger partial charge in [0.15, 0.2) is 0 Å². The highest BCUT2D eigenvalue weighted by Gasteiger charge is 2.34. The minimum absolute atomic E-state index is 0.205. The molecule has 7 heteroatoms. The Hall–Kier alpha value is -1.99. The monoisotopic (exact) mass is 393 g/mol. The van der Waals surface area contributed by atoms with Gasteiger partial charge in [-0.05, 0) is 48.2 Å². The van der Waals surface area contributed by atoms with Gasteiger partial charge in [0, 0.05) is 10.5 Å². The first-order chi connectivity index (χ1) is 11.1. The summed E-state index contributed by atoms with van der Waals surface area (Å²) in [5.41, 5.74) is 0. The van der Waals surface area contributed by atoms with Crippen molar-refractivity contribution in [3.8, 4) is 5.75 Å². The number of carbonyl (C=O) groups is 2. The number of thioether (sulfide) groups is 1. The Bertz CT molecular complexity index is 740. The van der Waals surface area contributed by atoms with Gasteiger partial charge in [-0.25, -0.2) is 0 Å². The minimum Gasteiger partial charge on any atom is -0.492 e. The third-order valence-electron chi connectivity index (χ3n) is 3.09. The number of furan rings is 1. The highest BCUT2D eigenvalue weighted by molar-refractivity contribution is 9.10. The van der Waals surface area contributed by atoms with Gasteiger partial charge in [0.2, 0.25) is 0 Å². The molecule has 1 aliphatic rings. The Balaban J connectivity index is 1.59. The van der Waals surface area contributed by atoms with Gasteiger partial charge in [-0.2, -0.15) is 0 Å². The lowest BCUT2D eigenvalue weighted by atomic mass is 10.3. The van der Waals surface area contributed by atoms with Crippen molar-refractivity contribution >= 4 is 44.9 Å². The molecular weight excluding hydrogens is 382 g/mol. The average Bonchev–Trinajstić information content (AvgIpc) is 3.13. The number of nitrogens with zero attached hydrogens (tertiary/aromatic N) is 1. The summed E-state index contributed by atoms with van der Waals surface area (Å²) in [6.07, 6.45) is 3.09. The van der Waals surface area contributed by atoms with Gasteiger partial charge in [0.1, 0.15) is 18.1 Å². The molecule has 0 aliphatic carbocycles. The summed E-state index contributed by atoms with van der Waals surface area (Å²) in [6.45, 7) is 0.448. The summed E-state index contributed by atoms with van der Waals surface area (Å²) in [7, 11) is 0. The number of imide groups is 1. The zero-order valence-electron chi connectivity index (χ0n) is 11.9. The zero-order chi connectivity index (χ0) is 16.2. The van der Waals surface area contributed by atoms with Crippen LogP contribution in [0.5, 0.6) is 5.75 Å². The van der Waals surface area contributed by atoms with Crippen molar-refractivity contribution in [1.29, 1.82) is 0 Å². The van der Waals surface area contributed by atoms with Gasteiger partial charge < -0.3 is 9.15 Å². The predicted molar refractivity (Wildman–Crippen MR) is 91.0 cm³/mol. The van der Waals surface area contributed by atoms with E-state index < -0.39 is 0 Å². The maximum atomic E-state index is 12.2. The van der Waals surface area contributed by atoms with Crippen LogP contribution in [0.2, 0.25) is 0 Å². The summed E-state index contributed by atoms with van der Waals surface area (Å²) in [6, 6.07) is 10.8. The van der Waals surface area contributed by atoms with E-state index in [9.17, 15) is 9.59 Å². The highest BCUT2D eigenvalue weighted by Crippen LogP contribution is 2.32. The second-order valence-corrected chi connectivity index (χ2v) is 6.56. The predicted octanol–water partition coefficient (Wildman–Crippen LogP) is 4.16. The molecule has 1 saturated heterocycles. The molecule has 1 aliphatic heterocycles. The van der Waals surface area contributed by atoms with Crippen LogP contribution in [0.25, 0.3) is 6.08 Å². The smallest absolute Gasteiger partial charge is 0.293 e. The van der Waals surface area contributed by atoms with Crippen LogP contribution in [-0.2, 0) is 4.79 Å². The van der Waals surface area contributed by atoms with E-state index in [1.807, 2.05) is 24.3 Å². The molecule has 0 bridgehead atoms. The first-order valence-electron chi connectivity index (χ1n) is 6.81. The van der Waals surface area contributed by atoms with Crippen molar-refractivity contribution in [2.75, 3.05) is 13.2 Å². The van der Waals surface area contributed by atoms with Crippen LogP contribution >= 0.6 is 27.7 Å². The largest absolute Gasteiger partial charge is 0.492 e. The molecule has 0 N–H and O–H groups in total. The van der Waals surface area contributed by atoms with Gasteiger partial charge >= 0.3 is 0 Å². The third kappa shape index (κ3) is 3.86. The van der Waals surface area contributed by atoms with Crippen molar-refractivity contribution in [3.05, 3.63) is 57.8 Å². The summed E-state index contributed by atoms with van der Waals surface area (Å²) in [5.74, 6) is 0.906. The van der Waals surface area contributed by atoms with E-state index >= 15 is 0 Å². The maximum Gasteiger partial charge on any atom is 0.293 e. The Morgan fingerprint density at radius 3 is 2.70 bits per heavy atom. The minimum atomic E-state index is -0.323. The van der Waals surface area contributed by atoms with E-state index in [0.717, 1.165) is 16.2 Å². The van der Waals surface area contributed by atoms with Crippen LogP contribution in [0.4, 0.5) is 4.79 Å². The lowest BCUT2D eigenvalue weighted by molar-refractivity contribution is -0.123. The standard InChI is InChI=1S/C16H12BrNO4S/c17-11-3-5-12(6-4-11)22-9-7-18-15(19)14(23-16(18)20)10-13-2-1-8-21-13/h1-6,8,10H,7,9H2/b14-10+. The summed E-state index contributed by atoms with van der Waals surface area (Å²) < 4.78 is 11.7. The number of rotatable bonds is 5. The Morgan fingerprint density at radius 1 is 1.22 bits per heavy atom. The highest BCUT2D eigenvalue weighted by atomic mass is 79.9. The van der Waals surface area contributed by atoms with Crippen LogP contribution in [-0.4, -0.2) is 29.2 Å². The molecule has 3 rings (SSSR count).